The van der Waals surface area contributed by atoms with E-state index in [1.54, 1.807) is 12.4 Å². The summed E-state index contributed by atoms with van der Waals surface area (Å²) in [5.74, 6) is -0.0396. The predicted octanol–water partition coefficient (Wildman–Crippen LogP) is 2.15. The lowest BCUT2D eigenvalue weighted by Gasteiger charge is -2.32. The summed E-state index contributed by atoms with van der Waals surface area (Å²) in [6.45, 7) is 2.72. The molecule has 3 heterocycles. The molecule has 0 aliphatic carbocycles. The maximum atomic E-state index is 13.2. The molecule has 1 atom stereocenters. The Hall–Kier alpha value is -3.68. The van der Waals surface area contributed by atoms with E-state index >= 15 is 0 Å². The van der Waals surface area contributed by atoms with Crippen LogP contribution in [0.4, 0.5) is 0 Å². The van der Waals surface area contributed by atoms with Gasteiger partial charge >= 0.3 is 0 Å². The van der Waals surface area contributed by atoms with Crippen LogP contribution in [0.15, 0.2) is 53.6 Å². The van der Waals surface area contributed by atoms with Gasteiger partial charge < -0.3 is 20.0 Å². The fourth-order valence-corrected chi connectivity index (χ4v) is 3.59. The van der Waals surface area contributed by atoms with E-state index in [9.17, 15) is 9.59 Å². The number of amides is 1. The van der Waals surface area contributed by atoms with E-state index in [4.69, 9.17) is 9.90 Å². The van der Waals surface area contributed by atoms with Gasteiger partial charge in [0.25, 0.3) is 12.4 Å². The molecule has 4 rings (SSSR count). The lowest BCUT2D eigenvalue weighted by atomic mass is 9.90. The highest BCUT2D eigenvalue weighted by Gasteiger charge is 2.32. The topological polar surface area (TPSA) is 119 Å². The number of nitrogens with zero attached hydrogens (tertiary/aromatic N) is 2. The van der Waals surface area contributed by atoms with Crippen LogP contribution in [0, 0.1) is 0 Å². The first-order valence-corrected chi connectivity index (χ1v) is 9.25. The van der Waals surface area contributed by atoms with Gasteiger partial charge in [-0.3, -0.25) is 14.4 Å². The minimum absolute atomic E-state index is 0.0305. The SMILES string of the molecule is CCc1[nH]c(=O)ccc1C(=O)N1Cc2[nH]cnc2C(c2ccccc2)C1.O=CO. The number of aryl methyl sites for hydroxylation is 1. The monoisotopic (exact) mass is 394 g/mol. The summed E-state index contributed by atoms with van der Waals surface area (Å²) in [6.07, 6.45) is 2.29. The Morgan fingerprint density at radius 1 is 1.28 bits per heavy atom. The number of carbonyl (C=O) groups excluding carboxylic acids is 1. The zero-order valence-corrected chi connectivity index (χ0v) is 16.0. The lowest BCUT2D eigenvalue weighted by Crippen LogP contribution is -2.39. The number of fused-ring (bicyclic) bond motifs is 1. The van der Waals surface area contributed by atoms with Crippen molar-refractivity contribution >= 4 is 12.4 Å². The normalized spacial score (nSPS) is 15.1. The van der Waals surface area contributed by atoms with Gasteiger partial charge in [-0.25, -0.2) is 4.98 Å². The first kappa shape index (κ1) is 20.1. The van der Waals surface area contributed by atoms with Crippen molar-refractivity contribution in [2.24, 2.45) is 0 Å². The van der Waals surface area contributed by atoms with E-state index in [-0.39, 0.29) is 23.9 Å². The molecule has 1 aromatic carbocycles. The van der Waals surface area contributed by atoms with Crippen molar-refractivity contribution < 1.29 is 14.7 Å². The maximum Gasteiger partial charge on any atom is 0.290 e. The second-order valence-corrected chi connectivity index (χ2v) is 6.59. The molecule has 1 amide bonds. The summed E-state index contributed by atoms with van der Waals surface area (Å²) >= 11 is 0. The van der Waals surface area contributed by atoms with Gasteiger partial charge in [0.15, 0.2) is 0 Å². The van der Waals surface area contributed by atoms with Crippen LogP contribution in [-0.4, -0.2) is 43.9 Å². The highest BCUT2D eigenvalue weighted by molar-refractivity contribution is 5.95. The van der Waals surface area contributed by atoms with Crippen LogP contribution < -0.4 is 5.56 Å². The molecule has 0 spiro atoms. The van der Waals surface area contributed by atoms with Crippen LogP contribution in [0.3, 0.4) is 0 Å². The summed E-state index contributed by atoms with van der Waals surface area (Å²) in [5.41, 5.74) is 4.14. The number of hydrogen-bond acceptors (Lipinski definition) is 4. The van der Waals surface area contributed by atoms with Crippen LogP contribution in [-0.2, 0) is 17.8 Å². The van der Waals surface area contributed by atoms with Gasteiger partial charge in [-0.1, -0.05) is 37.3 Å². The predicted molar refractivity (Wildman–Crippen MR) is 107 cm³/mol. The molecule has 0 saturated heterocycles. The summed E-state index contributed by atoms with van der Waals surface area (Å²) in [6, 6.07) is 13.1. The van der Waals surface area contributed by atoms with Gasteiger partial charge in [0.1, 0.15) is 0 Å². The Morgan fingerprint density at radius 3 is 2.69 bits per heavy atom. The molecule has 8 nitrogen and oxygen atoms in total. The van der Waals surface area contributed by atoms with E-state index in [1.807, 2.05) is 30.0 Å². The number of nitrogens with one attached hydrogen (secondary N) is 2. The Labute approximate surface area is 167 Å². The number of carboxylic acid groups (broad SMARTS) is 1. The van der Waals surface area contributed by atoms with Crippen molar-refractivity contribution in [2.75, 3.05) is 6.54 Å². The molecule has 3 aromatic rings. The van der Waals surface area contributed by atoms with Gasteiger partial charge in [0.2, 0.25) is 5.56 Å². The van der Waals surface area contributed by atoms with Crippen molar-refractivity contribution in [2.45, 2.75) is 25.8 Å². The smallest absolute Gasteiger partial charge is 0.290 e. The van der Waals surface area contributed by atoms with Gasteiger partial charge in [-0.05, 0) is 18.1 Å². The Balaban J connectivity index is 0.000000755. The maximum absolute atomic E-state index is 13.2. The van der Waals surface area contributed by atoms with Crippen molar-refractivity contribution in [3.8, 4) is 0 Å². The van der Waals surface area contributed by atoms with Crippen LogP contribution in [0.25, 0.3) is 0 Å². The van der Waals surface area contributed by atoms with Crippen LogP contribution >= 0.6 is 0 Å². The minimum Gasteiger partial charge on any atom is -0.483 e. The van der Waals surface area contributed by atoms with Crippen molar-refractivity contribution in [3.05, 3.63) is 87.4 Å². The molecule has 0 saturated carbocycles. The number of H-pyrrole nitrogens is 2. The summed E-state index contributed by atoms with van der Waals surface area (Å²) in [5, 5.41) is 6.89. The Morgan fingerprint density at radius 2 is 2.00 bits per heavy atom. The molecule has 2 aromatic heterocycles. The highest BCUT2D eigenvalue weighted by atomic mass is 16.3. The average molecular weight is 394 g/mol. The zero-order valence-electron chi connectivity index (χ0n) is 16.0. The summed E-state index contributed by atoms with van der Waals surface area (Å²) in [7, 11) is 0. The Bertz CT molecular complexity index is 1040. The van der Waals surface area contributed by atoms with E-state index in [2.05, 4.69) is 27.1 Å². The molecule has 0 fully saturated rings. The number of rotatable bonds is 3. The molecule has 1 unspecified atom stereocenters. The number of benzene rings is 1. The van der Waals surface area contributed by atoms with Crippen molar-refractivity contribution in [1.82, 2.24) is 19.9 Å². The molecule has 1 aliphatic heterocycles. The highest BCUT2D eigenvalue weighted by Crippen LogP contribution is 2.32. The molecule has 3 N–H and O–H groups in total. The molecule has 0 bridgehead atoms. The molecule has 1 aliphatic rings. The number of aromatic amines is 2. The summed E-state index contributed by atoms with van der Waals surface area (Å²) < 4.78 is 0. The van der Waals surface area contributed by atoms with Crippen LogP contribution in [0.1, 0.15) is 45.8 Å². The number of hydrogen-bond donors (Lipinski definition) is 3. The van der Waals surface area contributed by atoms with Crippen LogP contribution in [0.2, 0.25) is 0 Å². The third-order valence-corrected chi connectivity index (χ3v) is 4.91. The van der Waals surface area contributed by atoms with E-state index in [0.717, 1.165) is 17.0 Å². The third-order valence-electron chi connectivity index (χ3n) is 4.91. The molecule has 8 heteroatoms. The first-order valence-electron chi connectivity index (χ1n) is 9.25. The second kappa shape index (κ2) is 9.01. The number of pyridine rings is 1. The van der Waals surface area contributed by atoms with E-state index in [1.165, 1.54) is 6.07 Å². The average Bonchev–Trinajstić information content (AvgIpc) is 3.22. The molecule has 150 valence electrons. The lowest BCUT2D eigenvalue weighted by molar-refractivity contribution is -0.122. The van der Waals surface area contributed by atoms with Gasteiger partial charge in [0, 0.05) is 24.2 Å². The summed E-state index contributed by atoms with van der Waals surface area (Å²) in [4.78, 5) is 45.4. The largest absolute Gasteiger partial charge is 0.483 e. The fraction of sp³-hybridized carbons (Fsp3) is 0.238. The van der Waals surface area contributed by atoms with Crippen molar-refractivity contribution in [3.63, 3.8) is 0 Å². The zero-order chi connectivity index (χ0) is 20.8. The van der Waals surface area contributed by atoms with E-state index < -0.39 is 0 Å². The van der Waals surface area contributed by atoms with Gasteiger partial charge in [-0.15, -0.1) is 0 Å². The number of aromatic nitrogens is 3. The number of imidazole rings is 1. The molecular formula is C21H22N4O4. The third kappa shape index (κ3) is 4.26. The molecule has 29 heavy (non-hydrogen) atoms. The quantitative estimate of drug-likeness (QED) is 0.588. The van der Waals surface area contributed by atoms with Crippen molar-refractivity contribution in [1.29, 1.82) is 0 Å². The first-order chi connectivity index (χ1) is 14.1. The second-order valence-electron chi connectivity index (χ2n) is 6.59. The molecular weight excluding hydrogens is 372 g/mol. The Kier molecular flexibility index (Phi) is 6.23. The van der Waals surface area contributed by atoms with Crippen LogP contribution in [0.5, 0.6) is 0 Å². The standard InChI is InChI=1S/C20H20N4O2.CH2O2/c1-2-16-14(8-9-18(25)23-16)20(26)24-10-15(13-6-4-3-5-7-13)19-17(11-24)21-12-22-19;2-1-3/h3-9,12,15H,2,10-11H2,1H3,(H,21,22)(H,23,25);1H,(H,2,3). The van der Waals surface area contributed by atoms with Gasteiger partial charge in [-0.2, -0.15) is 0 Å². The molecule has 0 radical (unpaired) electrons. The number of carbonyl (C=O) groups is 2. The van der Waals surface area contributed by atoms with E-state index in [0.29, 0.717) is 30.8 Å². The fourth-order valence-electron chi connectivity index (χ4n) is 3.59. The minimum atomic E-state index is -0.250. The van der Waals surface area contributed by atoms with Gasteiger partial charge in [0.05, 0.1) is 29.8 Å².